The molecule has 0 aromatic carbocycles. The van der Waals surface area contributed by atoms with Gasteiger partial charge in [-0.25, -0.2) is 0 Å². The van der Waals surface area contributed by atoms with Crippen LogP contribution in [0.2, 0.25) is 0 Å². The molecule has 66 valence electrons. The van der Waals surface area contributed by atoms with E-state index in [0.717, 1.165) is 6.54 Å². The number of nitrogens with one attached hydrogen (secondary N) is 1. The molecule has 1 heterocycles. The van der Waals surface area contributed by atoms with Crippen LogP contribution in [0.1, 0.15) is 27.2 Å². The molecule has 0 aromatic rings. The first-order chi connectivity index (χ1) is 5.06. The van der Waals surface area contributed by atoms with Crippen molar-refractivity contribution < 1.29 is 0 Å². The normalized spacial score (nSPS) is 32.2. The van der Waals surface area contributed by atoms with Gasteiger partial charge in [-0.15, -0.1) is 0 Å². The lowest BCUT2D eigenvalue weighted by molar-refractivity contribution is 0.119. The van der Waals surface area contributed by atoms with Gasteiger partial charge >= 0.3 is 0 Å². The predicted octanol–water partition coefficient (Wildman–Crippen LogP) is 1.08. The Bertz CT molecular complexity index is 126. The van der Waals surface area contributed by atoms with Crippen molar-refractivity contribution in [2.24, 2.45) is 0 Å². The van der Waals surface area contributed by atoms with Gasteiger partial charge in [-0.05, 0) is 40.8 Å². The third-order valence-electron chi connectivity index (χ3n) is 2.97. The van der Waals surface area contributed by atoms with Crippen molar-refractivity contribution in [1.29, 1.82) is 0 Å². The molecular formula is C9H20N2. The highest BCUT2D eigenvalue weighted by Gasteiger charge is 2.33. The van der Waals surface area contributed by atoms with Crippen LogP contribution < -0.4 is 5.32 Å². The van der Waals surface area contributed by atoms with Gasteiger partial charge in [-0.2, -0.15) is 0 Å². The molecule has 1 N–H and O–H groups in total. The van der Waals surface area contributed by atoms with E-state index in [0.29, 0.717) is 11.6 Å². The van der Waals surface area contributed by atoms with E-state index in [4.69, 9.17) is 0 Å². The number of hydrogen-bond acceptors (Lipinski definition) is 2. The Morgan fingerprint density at radius 2 is 2.09 bits per heavy atom. The Kier molecular flexibility index (Phi) is 2.55. The summed E-state index contributed by atoms with van der Waals surface area (Å²) in [4.78, 5) is 2.47. The lowest BCUT2D eigenvalue weighted by Gasteiger charge is -2.37. The van der Waals surface area contributed by atoms with Crippen LogP contribution in [-0.2, 0) is 0 Å². The number of likely N-dealkylation sites (N-methyl/N-ethyl adjacent to an activating group) is 1. The van der Waals surface area contributed by atoms with E-state index in [1.165, 1.54) is 13.0 Å². The maximum Gasteiger partial charge on any atom is 0.0317 e. The summed E-state index contributed by atoms with van der Waals surface area (Å²) in [5.41, 5.74) is 0.397. The van der Waals surface area contributed by atoms with Crippen molar-refractivity contribution in [3.05, 3.63) is 0 Å². The predicted molar refractivity (Wildman–Crippen MR) is 48.8 cm³/mol. The van der Waals surface area contributed by atoms with Crippen LogP contribution in [0.15, 0.2) is 0 Å². The van der Waals surface area contributed by atoms with Crippen LogP contribution in [0.3, 0.4) is 0 Å². The lowest BCUT2D eigenvalue weighted by atomic mass is 9.98. The Labute approximate surface area is 70.0 Å². The van der Waals surface area contributed by atoms with Gasteiger partial charge in [-0.3, -0.25) is 4.90 Å². The van der Waals surface area contributed by atoms with Crippen molar-refractivity contribution in [3.8, 4) is 0 Å². The summed E-state index contributed by atoms with van der Waals surface area (Å²) < 4.78 is 0. The number of rotatable bonds is 2. The summed E-state index contributed by atoms with van der Waals surface area (Å²) in [5, 5.41) is 3.41. The molecule has 0 aliphatic carbocycles. The molecule has 0 saturated carbocycles. The molecule has 0 bridgehead atoms. The second kappa shape index (κ2) is 3.11. The van der Waals surface area contributed by atoms with Crippen LogP contribution in [0.4, 0.5) is 0 Å². The van der Waals surface area contributed by atoms with Crippen LogP contribution >= 0.6 is 0 Å². The van der Waals surface area contributed by atoms with Crippen molar-refractivity contribution in [3.63, 3.8) is 0 Å². The van der Waals surface area contributed by atoms with E-state index < -0.39 is 0 Å². The van der Waals surface area contributed by atoms with Crippen molar-refractivity contribution >= 4 is 0 Å². The van der Waals surface area contributed by atoms with Gasteiger partial charge in [0.25, 0.3) is 0 Å². The first-order valence-electron chi connectivity index (χ1n) is 4.50. The second-order valence-electron chi connectivity index (χ2n) is 4.13. The highest BCUT2D eigenvalue weighted by Crippen LogP contribution is 2.22. The third-order valence-corrected chi connectivity index (χ3v) is 2.97. The molecule has 1 atom stereocenters. The fourth-order valence-electron chi connectivity index (χ4n) is 1.73. The van der Waals surface area contributed by atoms with Crippen LogP contribution in [-0.4, -0.2) is 36.6 Å². The van der Waals surface area contributed by atoms with E-state index in [1.807, 2.05) is 0 Å². The van der Waals surface area contributed by atoms with E-state index >= 15 is 0 Å². The fraction of sp³-hybridized carbons (Fsp3) is 1.00. The van der Waals surface area contributed by atoms with Crippen LogP contribution in [0.25, 0.3) is 0 Å². The maximum absolute atomic E-state index is 3.41. The molecule has 1 rings (SSSR count). The number of hydrogen-bond donors (Lipinski definition) is 1. The molecule has 2 heteroatoms. The van der Waals surface area contributed by atoms with Gasteiger partial charge < -0.3 is 5.32 Å². The highest BCUT2D eigenvalue weighted by molar-refractivity contribution is 4.93. The Morgan fingerprint density at radius 1 is 1.45 bits per heavy atom. The molecule has 1 aliphatic heterocycles. The largest absolute Gasteiger partial charge is 0.315 e. The molecule has 0 aromatic heterocycles. The van der Waals surface area contributed by atoms with Crippen molar-refractivity contribution in [2.45, 2.75) is 38.8 Å². The summed E-state index contributed by atoms with van der Waals surface area (Å²) in [6, 6.07) is 0.653. The second-order valence-corrected chi connectivity index (χ2v) is 4.13. The van der Waals surface area contributed by atoms with E-state index in [9.17, 15) is 0 Å². The van der Waals surface area contributed by atoms with Gasteiger partial charge in [0.2, 0.25) is 0 Å². The van der Waals surface area contributed by atoms with E-state index in [-0.39, 0.29) is 0 Å². The summed E-state index contributed by atoms with van der Waals surface area (Å²) >= 11 is 0. The Balaban J connectivity index is 2.56. The monoisotopic (exact) mass is 156 g/mol. The van der Waals surface area contributed by atoms with Crippen molar-refractivity contribution in [2.75, 3.05) is 20.1 Å². The number of nitrogens with zero attached hydrogens (tertiary/aromatic N) is 1. The van der Waals surface area contributed by atoms with Gasteiger partial charge in [-0.1, -0.05) is 0 Å². The first-order valence-corrected chi connectivity index (χ1v) is 4.50. The first kappa shape index (κ1) is 9.01. The molecular weight excluding hydrogens is 136 g/mol. The Hall–Kier alpha value is -0.0800. The Morgan fingerprint density at radius 3 is 2.45 bits per heavy atom. The average molecular weight is 156 g/mol. The maximum atomic E-state index is 3.41. The molecule has 0 amide bonds. The average Bonchev–Trinajstić information content (AvgIpc) is 2.35. The molecule has 1 unspecified atom stereocenters. The van der Waals surface area contributed by atoms with E-state index in [2.05, 4.69) is 38.0 Å². The van der Waals surface area contributed by atoms with Crippen LogP contribution in [0, 0.1) is 0 Å². The molecule has 1 saturated heterocycles. The lowest BCUT2D eigenvalue weighted by Crippen LogP contribution is -2.48. The summed E-state index contributed by atoms with van der Waals surface area (Å²) in [7, 11) is 2.22. The minimum absolute atomic E-state index is 0.397. The SMILES string of the molecule is CC(C)N(C)C1(C)CCNC1. The standard InChI is InChI=1S/C9H20N2/c1-8(2)11(4)9(3)5-6-10-7-9/h8,10H,5-7H2,1-4H3. The minimum atomic E-state index is 0.397. The summed E-state index contributed by atoms with van der Waals surface area (Å²) in [6.07, 6.45) is 1.28. The van der Waals surface area contributed by atoms with Gasteiger partial charge in [0, 0.05) is 18.1 Å². The minimum Gasteiger partial charge on any atom is -0.315 e. The zero-order valence-electron chi connectivity index (χ0n) is 8.15. The molecule has 11 heavy (non-hydrogen) atoms. The highest BCUT2D eigenvalue weighted by atomic mass is 15.2. The zero-order valence-corrected chi connectivity index (χ0v) is 8.15. The fourth-order valence-corrected chi connectivity index (χ4v) is 1.73. The van der Waals surface area contributed by atoms with Crippen molar-refractivity contribution in [1.82, 2.24) is 10.2 Å². The quantitative estimate of drug-likeness (QED) is 0.643. The summed E-state index contributed by atoms with van der Waals surface area (Å²) in [6.45, 7) is 9.16. The zero-order chi connectivity index (χ0) is 8.48. The van der Waals surface area contributed by atoms with E-state index in [1.54, 1.807) is 0 Å². The van der Waals surface area contributed by atoms with Gasteiger partial charge in [0.1, 0.15) is 0 Å². The van der Waals surface area contributed by atoms with Gasteiger partial charge in [0.15, 0.2) is 0 Å². The third kappa shape index (κ3) is 1.74. The molecule has 2 nitrogen and oxygen atoms in total. The molecule has 0 radical (unpaired) electrons. The summed E-state index contributed by atoms with van der Waals surface area (Å²) in [5.74, 6) is 0. The smallest absolute Gasteiger partial charge is 0.0317 e. The van der Waals surface area contributed by atoms with Crippen LogP contribution in [0.5, 0.6) is 0 Å². The van der Waals surface area contributed by atoms with Gasteiger partial charge in [0.05, 0.1) is 0 Å². The topological polar surface area (TPSA) is 15.3 Å². The molecule has 0 spiro atoms. The molecule has 1 fully saturated rings. The molecule has 1 aliphatic rings.